The van der Waals surface area contributed by atoms with Crippen LogP contribution in [0.15, 0.2) is 39.5 Å². The molecular formula is C14H18Br2N4. The molecule has 1 aromatic heterocycles. The molecule has 0 bridgehead atoms. The van der Waals surface area contributed by atoms with Crippen molar-refractivity contribution in [2.24, 2.45) is 5.84 Å². The molecule has 0 aliphatic rings. The third-order valence-corrected chi connectivity index (χ3v) is 4.40. The van der Waals surface area contributed by atoms with Gasteiger partial charge in [0.15, 0.2) is 0 Å². The molecule has 1 heterocycles. The molecule has 2 aromatic rings. The van der Waals surface area contributed by atoms with Crippen molar-refractivity contribution in [1.82, 2.24) is 15.0 Å². The van der Waals surface area contributed by atoms with Crippen molar-refractivity contribution in [3.63, 3.8) is 0 Å². The minimum absolute atomic E-state index is 0.0138. The van der Waals surface area contributed by atoms with Crippen LogP contribution in [0.2, 0.25) is 0 Å². The van der Waals surface area contributed by atoms with E-state index >= 15 is 0 Å². The molecule has 0 fully saturated rings. The highest BCUT2D eigenvalue weighted by molar-refractivity contribution is 9.11. The van der Waals surface area contributed by atoms with Crippen LogP contribution in [0.3, 0.4) is 0 Å². The van der Waals surface area contributed by atoms with Crippen LogP contribution in [0, 0.1) is 0 Å². The van der Waals surface area contributed by atoms with Crippen LogP contribution >= 0.6 is 31.9 Å². The van der Waals surface area contributed by atoms with E-state index in [-0.39, 0.29) is 6.04 Å². The maximum atomic E-state index is 5.74. The summed E-state index contributed by atoms with van der Waals surface area (Å²) >= 11 is 7.08. The smallest absolute Gasteiger partial charge is 0.110 e. The molecule has 0 amide bonds. The van der Waals surface area contributed by atoms with E-state index in [2.05, 4.69) is 59.8 Å². The number of hydrogen-bond donors (Lipinski definition) is 2. The maximum Gasteiger partial charge on any atom is 0.110 e. The summed E-state index contributed by atoms with van der Waals surface area (Å²) in [5.41, 5.74) is 4.01. The zero-order valence-electron chi connectivity index (χ0n) is 11.3. The lowest BCUT2D eigenvalue weighted by atomic mass is 10.0. The zero-order valence-corrected chi connectivity index (χ0v) is 14.5. The summed E-state index contributed by atoms with van der Waals surface area (Å²) in [6, 6.07) is 6.10. The number of rotatable bonds is 6. The van der Waals surface area contributed by atoms with Crippen LogP contribution in [0.25, 0.3) is 0 Å². The van der Waals surface area contributed by atoms with Crippen LogP contribution in [0.5, 0.6) is 0 Å². The summed E-state index contributed by atoms with van der Waals surface area (Å²) in [6.45, 7) is 3.14. The van der Waals surface area contributed by atoms with Crippen molar-refractivity contribution in [2.45, 2.75) is 32.4 Å². The number of imidazole rings is 1. The van der Waals surface area contributed by atoms with E-state index in [4.69, 9.17) is 5.84 Å². The molecule has 0 radical (unpaired) electrons. The molecule has 0 aliphatic carbocycles. The molecule has 0 saturated heterocycles. The van der Waals surface area contributed by atoms with Gasteiger partial charge in [0, 0.05) is 34.3 Å². The molecule has 6 heteroatoms. The van der Waals surface area contributed by atoms with Crippen molar-refractivity contribution in [3.05, 3.63) is 50.9 Å². The number of hydrogen-bond acceptors (Lipinski definition) is 3. The van der Waals surface area contributed by atoms with Gasteiger partial charge in [0.25, 0.3) is 0 Å². The monoisotopic (exact) mass is 400 g/mol. The number of halogens is 2. The number of nitrogens with zero attached hydrogens (tertiary/aromatic N) is 2. The van der Waals surface area contributed by atoms with Gasteiger partial charge in [0.2, 0.25) is 0 Å². The Morgan fingerprint density at radius 3 is 2.90 bits per heavy atom. The quantitative estimate of drug-likeness (QED) is 0.574. The molecule has 20 heavy (non-hydrogen) atoms. The first-order valence-corrected chi connectivity index (χ1v) is 8.15. The first kappa shape index (κ1) is 15.7. The maximum absolute atomic E-state index is 5.74. The standard InChI is InChI=1S/C14H18Br2N4/c1-2-6-20-7-5-18-14(20)9-13(19-17)11-8-10(15)3-4-12(11)16/h3-5,7-8,13,19H,2,6,9,17H2,1H3. The third-order valence-electron chi connectivity index (χ3n) is 3.19. The molecule has 1 aromatic carbocycles. The van der Waals surface area contributed by atoms with Gasteiger partial charge in [-0.3, -0.25) is 11.3 Å². The van der Waals surface area contributed by atoms with Crippen LogP contribution in [-0.2, 0) is 13.0 Å². The number of benzene rings is 1. The topological polar surface area (TPSA) is 55.9 Å². The molecule has 2 rings (SSSR count). The minimum atomic E-state index is 0.0138. The SMILES string of the molecule is CCCn1ccnc1CC(NN)c1cc(Br)ccc1Br. The van der Waals surface area contributed by atoms with E-state index < -0.39 is 0 Å². The van der Waals surface area contributed by atoms with E-state index in [0.717, 1.165) is 39.7 Å². The predicted octanol–water partition coefficient (Wildman–Crippen LogP) is 3.57. The van der Waals surface area contributed by atoms with E-state index in [1.165, 1.54) is 0 Å². The average Bonchev–Trinajstić information content (AvgIpc) is 2.87. The Morgan fingerprint density at radius 1 is 1.40 bits per heavy atom. The molecule has 1 unspecified atom stereocenters. The number of nitrogens with one attached hydrogen (secondary N) is 1. The second-order valence-corrected chi connectivity index (χ2v) is 6.40. The molecule has 0 spiro atoms. The summed E-state index contributed by atoms with van der Waals surface area (Å²) < 4.78 is 4.25. The minimum Gasteiger partial charge on any atom is -0.335 e. The highest BCUT2D eigenvalue weighted by atomic mass is 79.9. The van der Waals surface area contributed by atoms with E-state index in [0.29, 0.717) is 0 Å². The Bertz CT molecular complexity index is 568. The first-order valence-electron chi connectivity index (χ1n) is 6.56. The summed E-state index contributed by atoms with van der Waals surface area (Å²) in [6.07, 6.45) is 5.69. The van der Waals surface area contributed by atoms with Gasteiger partial charge in [-0.2, -0.15) is 0 Å². The molecule has 108 valence electrons. The van der Waals surface area contributed by atoms with Crippen LogP contribution in [0.4, 0.5) is 0 Å². The molecule has 0 aliphatic heterocycles. The highest BCUT2D eigenvalue weighted by Gasteiger charge is 2.16. The van der Waals surface area contributed by atoms with Crippen molar-refractivity contribution in [3.8, 4) is 0 Å². The normalized spacial score (nSPS) is 12.6. The van der Waals surface area contributed by atoms with E-state index in [1.807, 2.05) is 24.5 Å². The van der Waals surface area contributed by atoms with Gasteiger partial charge in [0.05, 0.1) is 6.04 Å². The first-order chi connectivity index (χ1) is 9.65. The molecule has 4 nitrogen and oxygen atoms in total. The van der Waals surface area contributed by atoms with Gasteiger partial charge in [-0.15, -0.1) is 0 Å². The Morgan fingerprint density at radius 2 is 2.20 bits per heavy atom. The number of aryl methyl sites for hydroxylation is 1. The van der Waals surface area contributed by atoms with Gasteiger partial charge >= 0.3 is 0 Å². The second kappa shape index (κ2) is 7.36. The van der Waals surface area contributed by atoms with Gasteiger partial charge in [0.1, 0.15) is 5.82 Å². The predicted molar refractivity (Wildman–Crippen MR) is 88.1 cm³/mol. The Hall–Kier alpha value is -0.690. The van der Waals surface area contributed by atoms with Gasteiger partial charge in [-0.25, -0.2) is 4.98 Å². The lowest BCUT2D eigenvalue weighted by Gasteiger charge is -2.18. The van der Waals surface area contributed by atoms with E-state index in [1.54, 1.807) is 0 Å². The fourth-order valence-corrected chi connectivity index (χ4v) is 3.10. The molecular weight excluding hydrogens is 384 g/mol. The number of nitrogens with two attached hydrogens (primary N) is 1. The lowest BCUT2D eigenvalue weighted by Crippen LogP contribution is -2.30. The Balaban J connectivity index is 2.24. The van der Waals surface area contributed by atoms with Gasteiger partial charge in [-0.1, -0.05) is 38.8 Å². The van der Waals surface area contributed by atoms with Crippen LogP contribution in [-0.4, -0.2) is 9.55 Å². The lowest BCUT2D eigenvalue weighted by molar-refractivity contribution is 0.515. The zero-order chi connectivity index (χ0) is 14.5. The average molecular weight is 402 g/mol. The Kier molecular flexibility index (Phi) is 5.77. The molecule has 3 N–H and O–H groups in total. The van der Waals surface area contributed by atoms with Crippen molar-refractivity contribution < 1.29 is 0 Å². The third kappa shape index (κ3) is 3.69. The van der Waals surface area contributed by atoms with Gasteiger partial charge in [-0.05, 0) is 30.2 Å². The summed E-state index contributed by atoms with van der Waals surface area (Å²) in [5, 5.41) is 0. The summed E-state index contributed by atoms with van der Waals surface area (Å²) in [7, 11) is 0. The van der Waals surface area contributed by atoms with E-state index in [9.17, 15) is 0 Å². The fourth-order valence-electron chi connectivity index (χ4n) is 2.20. The van der Waals surface area contributed by atoms with Gasteiger partial charge < -0.3 is 4.57 Å². The van der Waals surface area contributed by atoms with Crippen molar-refractivity contribution in [1.29, 1.82) is 0 Å². The summed E-state index contributed by atoms with van der Waals surface area (Å²) in [5.74, 6) is 6.78. The second-order valence-electron chi connectivity index (χ2n) is 4.63. The largest absolute Gasteiger partial charge is 0.335 e. The fraction of sp³-hybridized carbons (Fsp3) is 0.357. The Labute approximate surface area is 136 Å². The van der Waals surface area contributed by atoms with Crippen LogP contribution < -0.4 is 11.3 Å². The van der Waals surface area contributed by atoms with Crippen LogP contribution in [0.1, 0.15) is 30.8 Å². The summed E-state index contributed by atoms with van der Waals surface area (Å²) in [4.78, 5) is 4.44. The number of hydrazine groups is 1. The number of aromatic nitrogens is 2. The highest BCUT2D eigenvalue weighted by Crippen LogP contribution is 2.28. The van der Waals surface area contributed by atoms with Crippen molar-refractivity contribution in [2.75, 3.05) is 0 Å². The van der Waals surface area contributed by atoms with Crippen molar-refractivity contribution >= 4 is 31.9 Å². The molecule has 1 atom stereocenters. The molecule has 0 saturated carbocycles.